The number of ether oxygens (including phenoxy) is 3. The molecular weight excluding hydrogens is 1510 g/mol. The highest BCUT2D eigenvalue weighted by atomic mass is 79.9. The van der Waals surface area contributed by atoms with E-state index < -0.39 is 23.3 Å². The molecule has 1 saturated heterocycles. The zero-order valence-electron chi connectivity index (χ0n) is 72.1. The summed E-state index contributed by atoms with van der Waals surface area (Å²) in [7, 11) is 4.95. The van der Waals surface area contributed by atoms with Gasteiger partial charge in [0.05, 0.1) is 21.3 Å². The Morgan fingerprint density at radius 3 is 1.11 bits per heavy atom. The fraction of sp³-hybridized carbons (Fsp3) is 0.373. The summed E-state index contributed by atoms with van der Waals surface area (Å²) in [5.74, 6) is 6.95. The lowest BCUT2D eigenvalue weighted by Gasteiger charge is -2.26. The van der Waals surface area contributed by atoms with Crippen LogP contribution in [0.3, 0.4) is 0 Å². The summed E-state index contributed by atoms with van der Waals surface area (Å²) >= 11 is 5.49. The molecule has 1 aliphatic heterocycles. The molecule has 0 bridgehead atoms. The van der Waals surface area contributed by atoms with Crippen LogP contribution in [0.2, 0.25) is 0 Å². The van der Waals surface area contributed by atoms with Crippen molar-refractivity contribution in [2.24, 2.45) is 47.3 Å². The standard InChI is InChI=1S/C14H18O.C13H16.C11H13Br.2C11H14F2.C11H13F.C11H14O2.C11H14.C9H19NS.FH/c1-12(2)6-4-5-7-13-8-10-14(15-3)11-9-13;1-12(2)8-6-7-11-13-9-4-3-5-10-13;1-9(2)3-4-10-5-7-11(12)8-6-10;2*1-8(2)3-4-9-5-6-10(12)11(13)7-9;1-9(2)3-4-10-5-7-11(12)8-6-10;1-4-5-9-6-7-10(12-2)11(8-9)13-3;1-10(2)8-9-11-6-4-3-5-7-11;1-9(2)3-4-10-5-7-11-8-6-10;/h4-12H,1-3H3;3-12H,1-2H3;3-9H,1-2H3;2*5-8H,3-4H2,1-2H3;3-9H,1-2H3;4-8H,1-3H3;3-10H,1-2H3;9H,3-8H2,1-2H3;1H/b6-4+,7-5+;8-6+,11-7+;4-3+;;;4-3+;5-4+;9-8+;;. The Morgan fingerprint density at radius 1 is 0.368 bits per heavy atom. The highest BCUT2D eigenvalue weighted by Gasteiger charge is 2.10. The third-order valence-corrected chi connectivity index (χ3v) is 17.6. The summed E-state index contributed by atoms with van der Waals surface area (Å²) < 4.78 is 79.5. The van der Waals surface area contributed by atoms with Gasteiger partial charge in [-0.3, -0.25) is 4.70 Å². The molecule has 0 aromatic heterocycles. The molecule has 4 nitrogen and oxygen atoms in total. The smallest absolute Gasteiger partial charge is 0.161 e. The van der Waals surface area contributed by atoms with Gasteiger partial charge in [-0.05, 0) is 210 Å². The molecule has 0 N–H and O–H groups in total. The summed E-state index contributed by atoms with van der Waals surface area (Å²) in [6.07, 6.45) is 38.7. The van der Waals surface area contributed by atoms with Gasteiger partial charge in [0.25, 0.3) is 0 Å². The van der Waals surface area contributed by atoms with Crippen LogP contribution < -0.4 is 14.2 Å². The number of benzene rings is 8. The number of allylic oxidation sites excluding steroid dienone is 10. The van der Waals surface area contributed by atoms with E-state index in [1.54, 1.807) is 45.6 Å². The van der Waals surface area contributed by atoms with Gasteiger partial charge in [0.15, 0.2) is 34.8 Å². The Morgan fingerprint density at radius 2 is 0.737 bits per heavy atom. The summed E-state index contributed by atoms with van der Waals surface area (Å²) in [4.78, 5) is 2.59. The van der Waals surface area contributed by atoms with Crippen molar-refractivity contribution in [3.8, 4) is 17.2 Å². The first-order valence-corrected chi connectivity index (χ1v) is 41.9. The minimum absolute atomic E-state index is 0. The lowest BCUT2D eigenvalue weighted by Crippen LogP contribution is -2.33. The van der Waals surface area contributed by atoms with Gasteiger partial charge in [-0.1, -0.05) is 339 Å². The van der Waals surface area contributed by atoms with Crippen LogP contribution >= 0.6 is 27.7 Å². The SMILES string of the molecule is C/C=C/c1ccc(OC)c(OC)c1.CC(C)/C=C/C=C/c1ccccc1.CC(C)/C=C/c1ccc(Br)cc1.CC(C)/C=C/c1ccc(F)cc1.CC(C)/C=C/c1ccccc1.CC(C)CCN1CCSCC1.CC(C)CCc1ccc(F)c(F)c1.CC(C)CCc1ccc(F)c(F)c1.COc1ccc(/C=C/C=C/C(C)C)cc1.F. The van der Waals surface area contributed by atoms with E-state index in [1.165, 1.54) is 96.2 Å². The quantitative estimate of drug-likeness (QED) is 0.0420. The van der Waals surface area contributed by atoms with Crippen molar-refractivity contribution in [2.75, 3.05) is 52.5 Å². The van der Waals surface area contributed by atoms with E-state index in [2.05, 4.69) is 283 Å². The van der Waals surface area contributed by atoms with Gasteiger partial charge in [0.1, 0.15) is 11.6 Å². The molecule has 0 radical (unpaired) electrons. The maximum absolute atomic E-state index is 12.7. The Bertz CT molecular complexity index is 3830. The number of methoxy groups -OCH3 is 3. The molecule has 0 unspecified atom stereocenters. The number of hydrogen-bond acceptors (Lipinski definition) is 5. The molecule has 8 aromatic rings. The molecule has 0 amide bonds. The largest absolute Gasteiger partial charge is 0.497 e. The van der Waals surface area contributed by atoms with Crippen molar-refractivity contribution in [3.05, 3.63) is 327 Å². The zero-order chi connectivity index (χ0) is 84.1. The highest BCUT2D eigenvalue weighted by Crippen LogP contribution is 2.28. The number of aryl methyl sites for hydroxylation is 2. The van der Waals surface area contributed by atoms with Crippen molar-refractivity contribution >= 4 is 64.1 Å². The third kappa shape index (κ3) is 57.5. The minimum Gasteiger partial charge on any atom is -0.497 e. The fourth-order valence-electron chi connectivity index (χ4n) is 9.52. The van der Waals surface area contributed by atoms with E-state index in [-0.39, 0.29) is 10.5 Å². The van der Waals surface area contributed by atoms with Crippen LogP contribution in [0, 0.1) is 76.4 Å². The molecule has 0 spiro atoms. The Labute approximate surface area is 699 Å². The van der Waals surface area contributed by atoms with E-state index in [0.29, 0.717) is 41.4 Å². The minimum atomic E-state index is -0.770. The third-order valence-electron chi connectivity index (χ3n) is 16.1. The lowest BCUT2D eigenvalue weighted by molar-refractivity contribution is 0.283. The molecule has 9 rings (SSSR count). The summed E-state index contributed by atoms with van der Waals surface area (Å²) in [6.45, 7) is 40.6. The number of hydrogen-bond donors (Lipinski definition) is 0. The highest BCUT2D eigenvalue weighted by molar-refractivity contribution is 9.10. The zero-order valence-corrected chi connectivity index (χ0v) is 74.5. The van der Waals surface area contributed by atoms with Crippen LogP contribution in [-0.4, -0.2) is 57.4 Å². The Balaban J connectivity index is 0.00000126. The predicted molar refractivity (Wildman–Crippen MR) is 493 cm³/mol. The van der Waals surface area contributed by atoms with Gasteiger partial charge >= 0.3 is 0 Å². The van der Waals surface area contributed by atoms with Gasteiger partial charge in [-0.25, -0.2) is 22.0 Å². The number of rotatable bonds is 25. The van der Waals surface area contributed by atoms with Crippen LogP contribution in [0.15, 0.2) is 253 Å². The van der Waals surface area contributed by atoms with E-state index in [0.717, 1.165) is 75.6 Å². The maximum Gasteiger partial charge on any atom is 0.161 e. The second kappa shape index (κ2) is 65.7. The molecule has 114 heavy (non-hydrogen) atoms. The maximum atomic E-state index is 12.7. The number of halogens is 7. The normalized spacial score (nSPS) is 12.1. The summed E-state index contributed by atoms with van der Waals surface area (Å²) in [5, 5.41) is 0. The van der Waals surface area contributed by atoms with Crippen molar-refractivity contribution in [1.29, 1.82) is 0 Å². The monoisotopic (exact) mass is 1650 g/mol. The van der Waals surface area contributed by atoms with Gasteiger partial charge < -0.3 is 19.1 Å². The molecule has 12 heteroatoms. The molecule has 0 atom stereocenters. The summed E-state index contributed by atoms with van der Waals surface area (Å²) in [6, 6.07) is 57.5. The molecule has 622 valence electrons. The van der Waals surface area contributed by atoms with Crippen molar-refractivity contribution in [2.45, 2.75) is 150 Å². The second-order valence-corrected chi connectivity index (χ2v) is 32.2. The van der Waals surface area contributed by atoms with Crippen molar-refractivity contribution in [3.63, 3.8) is 0 Å². The van der Waals surface area contributed by atoms with Crippen molar-refractivity contribution < 1.29 is 40.9 Å². The number of thioether (sulfide) groups is 1. The molecule has 1 aliphatic rings. The van der Waals surface area contributed by atoms with Crippen molar-refractivity contribution in [1.82, 2.24) is 4.90 Å². The van der Waals surface area contributed by atoms with Gasteiger partial charge in [-0.15, -0.1) is 0 Å². The molecule has 1 heterocycles. The average Bonchev–Trinajstić information content (AvgIpc) is 0.845. The van der Waals surface area contributed by atoms with Gasteiger partial charge in [0.2, 0.25) is 0 Å². The van der Waals surface area contributed by atoms with E-state index in [4.69, 9.17) is 14.2 Å². The van der Waals surface area contributed by atoms with Crippen LogP contribution in [0.25, 0.3) is 36.5 Å². The van der Waals surface area contributed by atoms with Crippen LogP contribution in [0.1, 0.15) is 181 Å². The summed E-state index contributed by atoms with van der Waals surface area (Å²) in [5.41, 5.74) is 8.86. The van der Waals surface area contributed by atoms with Crippen LogP contribution in [0.5, 0.6) is 17.2 Å². The number of nitrogens with zero attached hydrogens (tertiary/aromatic N) is 1. The molecule has 1 fully saturated rings. The molecule has 8 aromatic carbocycles. The first-order valence-electron chi connectivity index (χ1n) is 40.0. The van der Waals surface area contributed by atoms with Gasteiger partial charge in [0, 0.05) is 29.1 Å². The first-order chi connectivity index (χ1) is 53.9. The topological polar surface area (TPSA) is 30.9 Å². The Hall–Kier alpha value is -8.55. The van der Waals surface area contributed by atoms with Crippen LogP contribution in [-0.2, 0) is 12.8 Å². The van der Waals surface area contributed by atoms with E-state index in [9.17, 15) is 22.0 Å². The molecular formula is C102H136BrF6NO3S. The van der Waals surface area contributed by atoms with E-state index >= 15 is 0 Å². The fourth-order valence-corrected chi connectivity index (χ4v) is 10.8. The molecule has 0 aliphatic carbocycles. The lowest BCUT2D eigenvalue weighted by atomic mass is 10.0. The van der Waals surface area contributed by atoms with Gasteiger partial charge in [-0.2, -0.15) is 11.8 Å². The second-order valence-electron chi connectivity index (χ2n) is 30.1. The first kappa shape index (κ1) is 105. The Kier molecular flexibility index (Phi) is 60.8. The van der Waals surface area contributed by atoms with E-state index in [1.807, 2.05) is 91.9 Å². The molecule has 0 saturated carbocycles. The average molecular weight is 1650 g/mol. The van der Waals surface area contributed by atoms with Crippen LogP contribution in [0.4, 0.5) is 26.7 Å². The predicted octanol–water partition coefficient (Wildman–Crippen LogP) is 30.9.